The zero-order valence-electron chi connectivity index (χ0n) is 11.9. The van der Waals surface area contributed by atoms with Crippen LogP contribution in [0.4, 0.5) is 5.82 Å². The van der Waals surface area contributed by atoms with Crippen LogP contribution in [0.15, 0.2) is 18.5 Å². The Bertz CT molecular complexity index is 655. The largest absolute Gasteiger partial charge is 0.477 e. The highest BCUT2D eigenvalue weighted by Crippen LogP contribution is 2.25. The normalized spacial score (nSPS) is 18.5. The molecule has 1 aliphatic rings. The van der Waals surface area contributed by atoms with Crippen molar-refractivity contribution in [3.8, 4) is 0 Å². The fraction of sp³-hybridized carbons (Fsp3) is 0.500. The first-order valence-corrected chi connectivity index (χ1v) is 7.00. The highest BCUT2D eigenvalue weighted by atomic mass is 16.5. The smallest absolute Gasteiger partial charge is 0.341 e. The molecule has 3 rings (SSSR count). The Morgan fingerprint density at radius 2 is 2.43 bits per heavy atom. The molecule has 7 heteroatoms. The third-order valence-electron chi connectivity index (χ3n) is 3.92. The summed E-state index contributed by atoms with van der Waals surface area (Å²) in [5.41, 5.74) is 0.521. The average molecular weight is 290 g/mol. The summed E-state index contributed by atoms with van der Waals surface area (Å²) in [5, 5.41) is 13.1. The Hall–Kier alpha value is -2.15. The lowest BCUT2D eigenvalue weighted by molar-refractivity contribution is 0.0699. The quantitative estimate of drug-likeness (QED) is 0.894. The number of hydrogen-bond acceptors (Lipinski definition) is 5. The molecule has 3 heterocycles. The van der Waals surface area contributed by atoms with Crippen molar-refractivity contribution < 1.29 is 14.6 Å². The van der Waals surface area contributed by atoms with E-state index < -0.39 is 5.97 Å². The van der Waals surface area contributed by atoms with Crippen molar-refractivity contribution in [1.29, 1.82) is 0 Å². The van der Waals surface area contributed by atoms with E-state index in [-0.39, 0.29) is 5.56 Å². The molecule has 1 aliphatic heterocycles. The molecule has 0 saturated carbocycles. The second-order valence-corrected chi connectivity index (χ2v) is 5.30. The van der Waals surface area contributed by atoms with Crippen LogP contribution in [-0.4, -0.2) is 52.5 Å². The van der Waals surface area contributed by atoms with Gasteiger partial charge in [0.15, 0.2) is 5.65 Å². The molecule has 0 amide bonds. The minimum Gasteiger partial charge on any atom is -0.477 e. The molecule has 1 saturated heterocycles. The highest BCUT2D eigenvalue weighted by Gasteiger charge is 2.24. The van der Waals surface area contributed by atoms with Crippen LogP contribution in [0.25, 0.3) is 5.65 Å². The molecule has 0 radical (unpaired) electrons. The second kappa shape index (κ2) is 5.69. The number of methoxy groups -OCH3 is 1. The monoisotopic (exact) mass is 290 g/mol. The SMILES string of the molecule is COCCC1CCN(c2ccn3ncc(C(=O)O)c3n2)C1. The van der Waals surface area contributed by atoms with Gasteiger partial charge in [-0.2, -0.15) is 5.10 Å². The Morgan fingerprint density at radius 3 is 3.19 bits per heavy atom. The van der Waals surface area contributed by atoms with Gasteiger partial charge in [0.25, 0.3) is 0 Å². The maximum atomic E-state index is 11.2. The molecule has 1 atom stereocenters. The van der Waals surface area contributed by atoms with E-state index in [0.29, 0.717) is 11.6 Å². The summed E-state index contributed by atoms with van der Waals surface area (Å²) < 4.78 is 6.61. The zero-order chi connectivity index (χ0) is 14.8. The van der Waals surface area contributed by atoms with E-state index in [2.05, 4.69) is 15.0 Å². The van der Waals surface area contributed by atoms with Crippen molar-refractivity contribution >= 4 is 17.4 Å². The van der Waals surface area contributed by atoms with E-state index in [1.54, 1.807) is 13.3 Å². The first kappa shape index (κ1) is 13.8. The van der Waals surface area contributed by atoms with Gasteiger partial charge >= 0.3 is 5.97 Å². The lowest BCUT2D eigenvalue weighted by Crippen LogP contribution is -2.21. The number of carboxylic acid groups (broad SMARTS) is 1. The molecule has 1 N–H and O–H groups in total. The molecular weight excluding hydrogens is 272 g/mol. The van der Waals surface area contributed by atoms with Gasteiger partial charge < -0.3 is 14.7 Å². The molecule has 1 fully saturated rings. The van der Waals surface area contributed by atoms with Gasteiger partial charge in [-0.05, 0) is 24.8 Å². The topological polar surface area (TPSA) is 80.0 Å². The minimum absolute atomic E-state index is 0.131. The van der Waals surface area contributed by atoms with Crippen molar-refractivity contribution in [2.75, 3.05) is 31.7 Å². The molecule has 112 valence electrons. The third-order valence-corrected chi connectivity index (χ3v) is 3.92. The summed E-state index contributed by atoms with van der Waals surface area (Å²) in [6.07, 6.45) is 5.25. The van der Waals surface area contributed by atoms with Crippen molar-refractivity contribution in [2.24, 2.45) is 5.92 Å². The number of nitrogens with zero attached hydrogens (tertiary/aromatic N) is 4. The Kier molecular flexibility index (Phi) is 3.74. The molecule has 0 aromatic carbocycles. The fourth-order valence-corrected chi connectivity index (χ4v) is 2.75. The summed E-state index contributed by atoms with van der Waals surface area (Å²) in [4.78, 5) is 17.8. The molecule has 2 aromatic rings. The average Bonchev–Trinajstić information content (AvgIpc) is 3.11. The predicted molar refractivity (Wildman–Crippen MR) is 76.8 cm³/mol. The van der Waals surface area contributed by atoms with Crippen molar-refractivity contribution in [3.63, 3.8) is 0 Å². The van der Waals surface area contributed by atoms with Gasteiger partial charge in [0.1, 0.15) is 11.4 Å². The third kappa shape index (κ3) is 2.69. The minimum atomic E-state index is -1.01. The molecule has 7 nitrogen and oxygen atoms in total. The Morgan fingerprint density at radius 1 is 1.57 bits per heavy atom. The fourth-order valence-electron chi connectivity index (χ4n) is 2.75. The summed E-state index contributed by atoms with van der Waals surface area (Å²) >= 11 is 0. The molecule has 2 aromatic heterocycles. The number of anilines is 1. The summed E-state index contributed by atoms with van der Waals surface area (Å²) in [6, 6.07) is 1.88. The second-order valence-electron chi connectivity index (χ2n) is 5.30. The molecule has 0 spiro atoms. The van der Waals surface area contributed by atoms with E-state index >= 15 is 0 Å². The zero-order valence-corrected chi connectivity index (χ0v) is 11.9. The summed E-state index contributed by atoms with van der Waals surface area (Å²) in [5.74, 6) is 0.409. The van der Waals surface area contributed by atoms with Crippen LogP contribution in [0.1, 0.15) is 23.2 Å². The van der Waals surface area contributed by atoms with E-state index in [4.69, 9.17) is 9.84 Å². The van der Waals surface area contributed by atoms with Crippen molar-refractivity contribution in [3.05, 3.63) is 24.0 Å². The lowest BCUT2D eigenvalue weighted by atomic mass is 10.1. The number of carbonyl (C=O) groups is 1. The lowest BCUT2D eigenvalue weighted by Gasteiger charge is -2.17. The first-order chi connectivity index (χ1) is 10.2. The van der Waals surface area contributed by atoms with Crippen LogP contribution >= 0.6 is 0 Å². The van der Waals surface area contributed by atoms with Crippen LogP contribution < -0.4 is 4.90 Å². The summed E-state index contributed by atoms with van der Waals surface area (Å²) in [7, 11) is 1.72. The molecular formula is C14H18N4O3. The van der Waals surface area contributed by atoms with Crippen LogP contribution in [0.2, 0.25) is 0 Å². The van der Waals surface area contributed by atoms with E-state index in [9.17, 15) is 4.79 Å². The molecule has 1 unspecified atom stereocenters. The number of hydrogen-bond donors (Lipinski definition) is 1. The van der Waals surface area contributed by atoms with Crippen LogP contribution in [0.3, 0.4) is 0 Å². The van der Waals surface area contributed by atoms with Gasteiger partial charge in [0.2, 0.25) is 0 Å². The highest BCUT2D eigenvalue weighted by molar-refractivity contribution is 5.94. The maximum Gasteiger partial charge on any atom is 0.341 e. The first-order valence-electron chi connectivity index (χ1n) is 7.00. The van der Waals surface area contributed by atoms with Gasteiger partial charge in [0, 0.05) is 33.0 Å². The van der Waals surface area contributed by atoms with Crippen LogP contribution in [-0.2, 0) is 4.74 Å². The van der Waals surface area contributed by atoms with Gasteiger partial charge in [-0.15, -0.1) is 0 Å². The van der Waals surface area contributed by atoms with Gasteiger partial charge in [-0.3, -0.25) is 0 Å². The van der Waals surface area contributed by atoms with Crippen LogP contribution in [0, 0.1) is 5.92 Å². The Labute approximate surface area is 122 Å². The van der Waals surface area contributed by atoms with Gasteiger partial charge in [-0.1, -0.05) is 0 Å². The number of rotatable bonds is 5. The molecule has 0 aliphatic carbocycles. The summed E-state index contributed by atoms with van der Waals surface area (Å²) in [6.45, 7) is 2.65. The maximum absolute atomic E-state index is 11.2. The van der Waals surface area contributed by atoms with E-state index in [1.807, 2.05) is 6.07 Å². The molecule has 21 heavy (non-hydrogen) atoms. The number of aromatic nitrogens is 3. The van der Waals surface area contributed by atoms with Gasteiger partial charge in [0.05, 0.1) is 6.20 Å². The Balaban J connectivity index is 1.81. The number of carboxylic acids is 1. The van der Waals surface area contributed by atoms with Crippen LogP contribution in [0.5, 0.6) is 0 Å². The van der Waals surface area contributed by atoms with Crippen molar-refractivity contribution in [2.45, 2.75) is 12.8 Å². The predicted octanol–water partition coefficient (Wildman–Crippen LogP) is 1.29. The van der Waals surface area contributed by atoms with Crippen molar-refractivity contribution in [1.82, 2.24) is 14.6 Å². The van der Waals surface area contributed by atoms with Gasteiger partial charge in [-0.25, -0.2) is 14.3 Å². The standard InChI is InChI=1S/C14H18N4O3/c1-21-7-4-10-2-5-17(9-10)12-3-6-18-13(16-12)11(8-15-18)14(19)20/h3,6,8,10H,2,4-5,7,9H2,1H3,(H,19,20). The van der Waals surface area contributed by atoms with E-state index in [1.165, 1.54) is 10.7 Å². The van der Waals surface area contributed by atoms with E-state index in [0.717, 1.165) is 38.4 Å². The number of ether oxygens (including phenoxy) is 1. The number of aromatic carboxylic acids is 1. The number of fused-ring (bicyclic) bond motifs is 1. The molecule has 0 bridgehead atoms.